The summed E-state index contributed by atoms with van der Waals surface area (Å²) in [7, 11) is 0. The second-order valence-electron chi connectivity index (χ2n) is 7.25. The topological polar surface area (TPSA) is 133 Å². The molecule has 0 aromatic heterocycles. The highest BCUT2D eigenvalue weighted by Crippen LogP contribution is 2.31. The lowest BCUT2D eigenvalue weighted by atomic mass is 9.78. The first-order valence-corrected chi connectivity index (χ1v) is 9.43. The van der Waals surface area contributed by atoms with Gasteiger partial charge in [-0.25, -0.2) is 0 Å². The highest BCUT2D eigenvalue weighted by atomic mass is 16.4. The van der Waals surface area contributed by atoms with Gasteiger partial charge in [0.15, 0.2) is 0 Å². The van der Waals surface area contributed by atoms with Crippen LogP contribution >= 0.6 is 0 Å². The first kappa shape index (κ1) is 20.2. The maximum Gasteiger partial charge on any atom is 0.307 e. The second-order valence-corrected chi connectivity index (χ2v) is 7.25. The predicted molar refractivity (Wildman–Crippen MR) is 92.2 cm³/mol. The Bertz CT molecular complexity index is 502. The molecule has 2 fully saturated rings. The average Bonchev–Trinajstić information content (AvgIpc) is 2.64. The van der Waals surface area contributed by atoms with Gasteiger partial charge in [-0.05, 0) is 25.7 Å². The molecule has 4 atom stereocenters. The zero-order valence-electron chi connectivity index (χ0n) is 14.9. The minimum Gasteiger partial charge on any atom is -0.481 e. The number of carbonyl (C=O) groups excluding carboxylic acids is 2. The normalized spacial score (nSPS) is 28.8. The van der Waals surface area contributed by atoms with Crippen molar-refractivity contribution in [3.05, 3.63) is 0 Å². The number of carboxylic acids is 2. The third-order valence-electron chi connectivity index (χ3n) is 5.56. The van der Waals surface area contributed by atoms with Crippen molar-refractivity contribution in [1.82, 2.24) is 10.6 Å². The zero-order valence-corrected chi connectivity index (χ0v) is 14.9. The molecule has 0 spiro atoms. The quantitative estimate of drug-likeness (QED) is 0.496. The van der Waals surface area contributed by atoms with Crippen LogP contribution in [0.15, 0.2) is 0 Å². The lowest BCUT2D eigenvalue weighted by Crippen LogP contribution is -2.44. The van der Waals surface area contributed by atoms with E-state index in [0.717, 1.165) is 25.7 Å². The summed E-state index contributed by atoms with van der Waals surface area (Å²) in [5.74, 6) is -4.77. The molecule has 0 heterocycles. The molecular formula is C18H28N2O6. The summed E-state index contributed by atoms with van der Waals surface area (Å²) < 4.78 is 0. The van der Waals surface area contributed by atoms with Crippen LogP contribution in [0.4, 0.5) is 0 Å². The second kappa shape index (κ2) is 9.54. The summed E-state index contributed by atoms with van der Waals surface area (Å²) in [6, 6.07) is 0. The Morgan fingerprint density at radius 2 is 0.923 bits per heavy atom. The van der Waals surface area contributed by atoms with Gasteiger partial charge in [-0.15, -0.1) is 0 Å². The molecule has 8 nitrogen and oxygen atoms in total. The van der Waals surface area contributed by atoms with Gasteiger partial charge in [0.25, 0.3) is 0 Å². The van der Waals surface area contributed by atoms with Crippen LogP contribution in [0.25, 0.3) is 0 Å². The molecular weight excluding hydrogens is 340 g/mol. The predicted octanol–water partition coefficient (Wildman–Crippen LogP) is 1.00. The minimum atomic E-state index is -0.935. The van der Waals surface area contributed by atoms with E-state index < -0.39 is 35.6 Å². The first-order valence-electron chi connectivity index (χ1n) is 9.43. The molecule has 0 aromatic carbocycles. The van der Waals surface area contributed by atoms with E-state index in [0.29, 0.717) is 25.7 Å². The number of hydrogen-bond acceptors (Lipinski definition) is 4. The van der Waals surface area contributed by atoms with Crippen LogP contribution in [0, 0.1) is 23.7 Å². The molecule has 2 rings (SSSR count). The minimum absolute atomic E-state index is 0.206. The summed E-state index contributed by atoms with van der Waals surface area (Å²) in [6.45, 7) is 0.412. The van der Waals surface area contributed by atoms with Crippen molar-refractivity contribution in [2.75, 3.05) is 13.1 Å². The van der Waals surface area contributed by atoms with Crippen molar-refractivity contribution in [3.8, 4) is 0 Å². The van der Waals surface area contributed by atoms with Crippen LogP contribution in [0.2, 0.25) is 0 Å². The van der Waals surface area contributed by atoms with Crippen LogP contribution in [0.3, 0.4) is 0 Å². The zero-order chi connectivity index (χ0) is 19.1. The summed E-state index contributed by atoms with van der Waals surface area (Å²) >= 11 is 0. The molecule has 2 aliphatic rings. The number of amides is 2. The molecule has 8 heteroatoms. The Kier molecular flexibility index (Phi) is 7.41. The summed E-state index contributed by atoms with van der Waals surface area (Å²) in [5.41, 5.74) is 0. The Balaban J connectivity index is 1.75. The molecule has 146 valence electrons. The molecule has 0 radical (unpaired) electrons. The van der Waals surface area contributed by atoms with Gasteiger partial charge in [0.1, 0.15) is 0 Å². The summed E-state index contributed by atoms with van der Waals surface area (Å²) in [6.07, 6.45) is 5.50. The SMILES string of the molecule is O=C(O)[C@H]1CCCC[C@H]1C(=O)NCCNC(=O)[C@@H]1CCCC[C@@H]1C(=O)O. The molecule has 0 unspecified atom stereocenters. The number of carboxylic acid groups (broad SMARTS) is 2. The molecule has 26 heavy (non-hydrogen) atoms. The Morgan fingerprint density at radius 1 is 0.615 bits per heavy atom. The third-order valence-corrected chi connectivity index (χ3v) is 5.56. The van der Waals surface area contributed by atoms with Gasteiger partial charge in [0, 0.05) is 13.1 Å². The molecule has 2 aliphatic carbocycles. The van der Waals surface area contributed by atoms with Crippen molar-refractivity contribution < 1.29 is 29.4 Å². The van der Waals surface area contributed by atoms with E-state index >= 15 is 0 Å². The fraction of sp³-hybridized carbons (Fsp3) is 0.778. The maximum atomic E-state index is 12.2. The largest absolute Gasteiger partial charge is 0.481 e. The van der Waals surface area contributed by atoms with Crippen molar-refractivity contribution in [3.63, 3.8) is 0 Å². The third kappa shape index (κ3) is 5.19. The van der Waals surface area contributed by atoms with Crippen molar-refractivity contribution in [2.24, 2.45) is 23.7 Å². The van der Waals surface area contributed by atoms with Gasteiger partial charge >= 0.3 is 11.9 Å². The number of hydrogen-bond donors (Lipinski definition) is 4. The number of aliphatic carboxylic acids is 2. The number of nitrogens with one attached hydrogen (secondary N) is 2. The van der Waals surface area contributed by atoms with E-state index in [1.54, 1.807) is 0 Å². The van der Waals surface area contributed by atoms with E-state index in [-0.39, 0.29) is 24.9 Å². The molecule has 2 saturated carbocycles. The standard InChI is InChI=1S/C18H28N2O6/c21-15(11-5-1-3-7-13(11)17(23)24)19-9-10-20-16(22)12-6-2-4-8-14(12)18(25)26/h11-14H,1-10H2,(H,19,21)(H,20,22)(H,23,24)(H,25,26)/t11-,12-,13+,14+/m1/s1. The van der Waals surface area contributed by atoms with Crippen LogP contribution in [0.5, 0.6) is 0 Å². The van der Waals surface area contributed by atoms with Crippen molar-refractivity contribution >= 4 is 23.8 Å². The molecule has 0 aliphatic heterocycles. The monoisotopic (exact) mass is 368 g/mol. The number of rotatable bonds is 7. The van der Waals surface area contributed by atoms with Crippen LogP contribution in [0.1, 0.15) is 51.4 Å². The van der Waals surface area contributed by atoms with E-state index in [9.17, 15) is 29.4 Å². The van der Waals surface area contributed by atoms with Gasteiger partial charge in [0.05, 0.1) is 23.7 Å². The van der Waals surface area contributed by atoms with Crippen molar-refractivity contribution in [2.45, 2.75) is 51.4 Å². The van der Waals surface area contributed by atoms with Gasteiger partial charge in [-0.1, -0.05) is 25.7 Å². The van der Waals surface area contributed by atoms with E-state index in [4.69, 9.17) is 0 Å². The highest BCUT2D eigenvalue weighted by molar-refractivity contribution is 5.86. The summed E-state index contributed by atoms with van der Waals surface area (Å²) in [5, 5.41) is 23.9. The first-order chi connectivity index (χ1) is 12.4. The molecule has 4 N–H and O–H groups in total. The molecule has 0 aromatic rings. The van der Waals surface area contributed by atoms with Crippen LogP contribution in [-0.2, 0) is 19.2 Å². The van der Waals surface area contributed by atoms with Crippen molar-refractivity contribution in [1.29, 1.82) is 0 Å². The fourth-order valence-corrected chi connectivity index (χ4v) is 4.11. The fourth-order valence-electron chi connectivity index (χ4n) is 4.11. The lowest BCUT2D eigenvalue weighted by Gasteiger charge is -2.28. The van der Waals surface area contributed by atoms with E-state index in [1.807, 2.05) is 0 Å². The maximum absolute atomic E-state index is 12.2. The Hall–Kier alpha value is -2.12. The average molecular weight is 368 g/mol. The lowest BCUT2D eigenvalue weighted by molar-refractivity contribution is -0.149. The van der Waals surface area contributed by atoms with Gasteiger partial charge in [0.2, 0.25) is 11.8 Å². The molecule has 0 saturated heterocycles. The van der Waals surface area contributed by atoms with Crippen LogP contribution in [-0.4, -0.2) is 47.1 Å². The van der Waals surface area contributed by atoms with Gasteiger partial charge in [-0.2, -0.15) is 0 Å². The van der Waals surface area contributed by atoms with Crippen LogP contribution < -0.4 is 10.6 Å². The smallest absolute Gasteiger partial charge is 0.307 e. The Labute approximate surface area is 152 Å². The van der Waals surface area contributed by atoms with E-state index in [2.05, 4.69) is 10.6 Å². The number of carbonyl (C=O) groups is 4. The Morgan fingerprint density at radius 3 is 1.23 bits per heavy atom. The van der Waals surface area contributed by atoms with E-state index in [1.165, 1.54) is 0 Å². The molecule has 2 amide bonds. The van der Waals surface area contributed by atoms with Gasteiger partial charge < -0.3 is 20.8 Å². The van der Waals surface area contributed by atoms with Gasteiger partial charge in [-0.3, -0.25) is 19.2 Å². The summed E-state index contributed by atoms with van der Waals surface area (Å²) in [4.78, 5) is 47.0. The highest BCUT2D eigenvalue weighted by Gasteiger charge is 2.36. The molecule has 0 bridgehead atoms.